The molecule has 1 rings (SSSR count). The van der Waals surface area contributed by atoms with Gasteiger partial charge in [-0.2, -0.15) is 0 Å². The number of hydrogen-bond donors (Lipinski definition) is 2. The van der Waals surface area contributed by atoms with Gasteiger partial charge in [-0.1, -0.05) is 17.3 Å². The lowest BCUT2D eigenvalue weighted by atomic mass is 10.1. The minimum atomic E-state index is -1.11. The van der Waals surface area contributed by atoms with Gasteiger partial charge in [-0.25, -0.2) is 4.39 Å². The topological polar surface area (TPSA) is 69.9 Å². The van der Waals surface area contributed by atoms with Crippen LogP contribution < -0.4 is 0 Å². The van der Waals surface area contributed by atoms with Crippen molar-refractivity contribution in [3.8, 4) is 0 Å². The third kappa shape index (κ3) is 2.55. The summed E-state index contributed by atoms with van der Waals surface area (Å²) >= 11 is 0. The van der Waals surface area contributed by atoms with Crippen LogP contribution in [0.4, 0.5) is 4.39 Å². The minimum absolute atomic E-state index is 0.00231. The molecule has 0 aliphatic carbocycles. The molecule has 0 saturated carbocycles. The number of carboxylic acid groups (broad SMARTS) is 1. The van der Waals surface area contributed by atoms with Crippen LogP contribution in [-0.2, 0) is 4.79 Å². The minimum Gasteiger partial charge on any atom is -0.481 e. The van der Waals surface area contributed by atoms with Gasteiger partial charge in [0.25, 0.3) is 0 Å². The fourth-order valence-electron chi connectivity index (χ4n) is 0.981. The predicted molar refractivity (Wildman–Crippen MR) is 47.0 cm³/mol. The van der Waals surface area contributed by atoms with Crippen LogP contribution in [0.2, 0.25) is 0 Å². The number of halogens is 1. The molecule has 0 unspecified atom stereocenters. The summed E-state index contributed by atoms with van der Waals surface area (Å²) < 4.78 is 12.5. The first-order valence-electron chi connectivity index (χ1n) is 3.82. The Bertz CT molecular complexity index is 359. The Kier molecular flexibility index (Phi) is 3.17. The fraction of sp³-hybridized carbons (Fsp3) is 0.111. The molecular weight excluding hydrogens is 189 g/mol. The zero-order valence-corrected chi connectivity index (χ0v) is 7.14. The van der Waals surface area contributed by atoms with Crippen molar-refractivity contribution < 1.29 is 19.5 Å². The molecule has 0 aliphatic rings. The Balaban J connectivity index is 2.91. The average molecular weight is 197 g/mol. The number of carboxylic acids is 1. The van der Waals surface area contributed by atoms with E-state index in [1.165, 1.54) is 24.3 Å². The molecule has 0 radical (unpaired) electrons. The zero-order valence-electron chi connectivity index (χ0n) is 7.14. The van der Waals surface area contributed by atoms with Crippen LogP contribution >= 0.6 is 0 Å². The maximum Gasteiger partial charge on any atom is 0.309 e. The monoisotopic (exact) mass is 197 g/mol. The number of nitrogens with zero attached hydrogens (tertiary/aromatic N) is 1. The maximum absolute atomic E-state index is 12.5. The number of carbonyl (C=O) groups is 1. The van der Waals surface area contributed by atoms with Crippen LogP contribution in [0.15, 0.2) is 29.4 Å². The smallest absolute Gasteiger partial charge is 0.309 e. The quantitative estimate of drug-likeness (QED) is 0.438. The summed E-state index contributed by atoms with van der Waals surface area (Å²) in [5, 5.41) is 19.8. The van der Waals surface area contributed by atoms with Gasteiger partial charge in [-0.15, -0.1) is 0 Å². The molecule has 1 aromatic carbocycles. The van der Waals surface area contributed by atoms with E-state index in [2.05, 4.69) is 5.16 Å². The summed E-state index contributed by atoms with van der Waals surface area (Å²) in [4.78, 5) is 10.3. The normalized spacial score (nSPS) is 11.4. The van der Waals surface area contributed by atoms with E-state index >= 15 is 0 Å². The van der Waals surface area contributed by atoms with Crippen molar-refractivity contribution in [1.29, 1.82) is 0 Å². The molecule has 0 fully saturated rings. The standard InChI is InChI=1S/C9H8FNO3/c10-7-3-1-6(2-4-7)8(11-14)5-9(12)13/h1-4,14H,5H2,(H,12,13)/b11-8-. The van der Waals surface area contributed by atoms with Crippen LogP contribution in [0.1, 0.15) is 12.0 Å². The molecule has 14 heavy (non-hydrogen) atoms. The molecule has 0 spiro atoms. The Labute approximate surface area is 79.3 Å². The van der Waals surface area contributed by atoms with Crippen LogP contribution in [0.5, 0.6) is 0 Å². The van der Waals surface area contributed by atoms with E-state index in [0.717, 1.165) is 0 Å². The number of benzene rings is 1. The van der Waals surface area contributed by atoms with Crippen molar-refractivity contribution in [1.82, 2.24) is 0 Å². The zero-order chi connectivity index (χ0) is 10.6. The highest BCUT2D eigenvalue weighted by Crippen LogP contribution is 2.06. The molecule has 0 amide bonds. The van der Waals surface area contributed by atoms with Gasteiger partial charge in [-0.05, 0) is 12.1 Å². The molecular formula is C9H8FNO3. The number of aliphatic carboxylic acids is 1. The fourth-order valence-corrected chi connectivity index (χ4v) is 0.981. The summed E-state index contributed by atoms with van der Waals surface area (Å²) in [5.74, 6) is -1.54. The Morgan fingerprint density at radius 2 is 1.93 bits per heavy atom. The van der Waals surface area contributed by atoms with E-state index in [9.17, 15) is 9.18 Å². The third-order valence-electron chi connectivity index (χ3n) is 1.62. The van der Waals surface area contributed by atoms with Gasteiger partial charge in [0.1, 0.15) is 5.82 Å². The van der Waals surface area contributed by atoms with Crippen molar-refractivity contribution in [2.24, 2.45) is 5.16 Å². The molecule has 2 N–H and O–H groups in total. The third-order valence-corrected chi connectivity index (χ3v) is 1.62. The number of oxime groups is 1. The second-order valence-corrected chi connectivity index (χ2v) is 2.62. The SMILES string of the molecule is O=C(O)C/C(=N/O)c1ccc(F)cc1. The Morgan fingerprint density at radius 3 is 2.36 bits per heavy atom. The Hall–Kier alpha value is -1.91. The predicted octanol–water partition coefficient (Wildman–Crippen LogP) is 1.48. The van der Waals surface area contributed by atoms with Crippen molar-refractivity contribution in [3.63, 3.8) is 0 Å². The van der Waals surface area contributed by atoms with Gasteiger partial charge in [0.05, 0.1) is 12.1 Å². The summed E-state index contributed by atoms with van der Waals surface area (Å²) in [6, 6.07) is 5.05. The van der Waals surface area contributed by atoms with Gasteiger partial charge in [-0.3, -0.25) is 4.79 Å². The van der Waals surface area contributed by atoms with E-state index in [1.54, 1.807) is 0 Å². The molecule has 4 nitrogen and oxygen atoms in total. The van der Waals surface area contributed by atoms with Crippen molar-refractivity contribution in [3.05, 3.63) is 35.6 Å². The van der Waals surface area contributed by atoms with Gasteiger partial charge >= 0.3 is 5.97 Å². The largest absolute Gasteiger partial charge is 0.481 e. The highest BCUT2D eigenvalue weighted by atomic mass is 19.1. The maximum atomic E-state index is 12.5. The molecule has 0 aromatic heterocycles. The first-order chi connectivity index (χ1) is 6.63. The lowest BCUT2D eigenvalue weighted by molar-refractivity contribution is -0.135. The van der Waals surface area contributed by atoms with Crippen molar-refractivity contribution >= 4 is 11.7 Å². The molecule has 5 heteroatoms. The van der Waals surface area contributed by atoms with E-state index in [-0.39, 0.29) is 5.71 Å². The highest BCUT2D eigenvalue weighted by Gasteiger charge is 2.08. The summed E-state index contributed by atoms with van der Waals surface area (Å²) in [6.07, 6.45) is -0.401. The number of rotatable bonds is 3. The lowest BCUT2D eigenvalue weighted by Gasteiger charge is -2.00. The molecule has 0 bridgehead atoms. The Morgan fingerprint density at radius 1 is 1.36 bits per heavy atom. The van der Waals surface area contributed by atoms with E-state index in [0.29, 0.717) is 5.56 Å². The van der Waals surface area contributed by atoms with Gasteiger partial charge in [0, 0.05) is 5.56 Å². The second-order valence-electron chi connectivity index (χ2n) is 2.62. The van der Waals surface area contributed by atoms with E-state index in [4.69, 9.17) is 10.3 Å². The lowest BCUT2D eigenvalue weighted by Crippen LogP contribution is -2.08. The van der Waals surface area contributed by atoms with Crippen LogP contribution in [0.25, 0.3) is 0 Å². The van der Waals surface area contributed by atoms with Gasteiger partial charge < -0.3 is 10.3 Å². The molecule has 0 aliphatic heterocycles. The highest BCUT2D eigenvalue weighted by molar-refractivity contribution is 6.08. The van der Waals surface area contributed by atoms with Crippen LogP contribution in [0.3, 0.4) is 0 Å². The first-order valence-corrected chi connectivity index (χ1v) is 3.82. The molecule has 74 valence electrons. The number of hydrogen-bond acceptors (Lipinski definition) is 3. The molecule has 0 heterocycles. The van der Waals surface area contributed by atoms with Crippen molar-refractivity contribution in [2.75, 3.05) is 0 Å². The van der Waals surface area contributed by atoms with Crippen LogP contribution in [-0.4, -0.2) is 22.0 Å². The van der Waals surface area contributed by atoms with E-state index < -0.39 is 18.2 Å². The average Bonchev–Trinajstić information content (AvgIpc) is 2.15. The molecule has 0 saturated heterocycles. The summed E-state index contributed by atoms with van der Waals surface area (Å²) in [7, 11) is 0. The van der Waals surface area contributed by atoms with Gasteiger partial charge in [0.15, 0.2) is 0 Å². The summed E-state index contributed by atoms with van der Waals surface area (Å²) in [6.45, 7) is 0. The summed E-state index contributed by atoms with van der Waals surface area (Å²) in [5.41, 5.74) is 0.383. The first kappa shape index (κ1) is 10.2. The second kappa shape index (κ2) is 4.36. The van der Waals surface area contributed by atoms with E-state index in [1.807, 2.05) is 0 Å². The van der Waals surface area contributed by atoms with Crippen LogP contribution in [0, 0.1) is 5.82 Å². The molecule has 0 atom stereocenters. The van der Waals surface area contributed by atoms with Crippen molar-refractivity contribution in [2.45, 2.75) is 6.42 Å². The van der Waals surface area contributed by atoms with Gasteiger partial charge in [0.2, 0.25) is 0 Å². The molecule has 1 aromatic rings.